The van der Waals surface area contributed by atoms with Crippen molar-refractivity contribution < 1.29 is 4.92 Å². The molecule has 0 amide bonds. The number of hydrogen-bond donors (Lipinski definition) is 0. The fourth-order valence-corrected chi connectivity index (χ4v) is 10.5. The fourth-order valence-electron chi connectivity index (χ4n) is 10.5. The highest BCUT2D eigenvalue weighted by Crippen LogP contribution is 2.63. The van der Waals surface area contributed by atoms with E-state index in [1.54, 1.807) is 12.1 Å². The molecular formula is C55H37N5O2. The lowest BCUT2D eigenvalue weighted by Gasteiger charge is -2.41. The minimum absolute atomic E-state index is 0.0668. The largest absolute Gasteiger partial charge is 0.278 e. The average Bonchev–Trinajstić information content (AvgIpc) is 3.79. The second-order valence-electron chi connectivity index (χ2n) is 16.8. The Morgan fingerprint density at radius 1 is 0.435 bits per heavy atom. The van der Waals surface area contributed by atoms with Crippen LogP contribution < -0.4 is 4.90 Å². The van der Waals surface area contributed by atoms with Crippen LogP contribution in [0.15, 0.2) is 188 Å². The van der Waals surface area contributed by atoms with Gasteiger partial charge in [0.15, 0.2) is 11.6 Å². The smallest absolute Gasteiger partial charge is 0.277 e. The Morgan fingerprint density at radius 2 is 0.935 bits per heavy atom. The Bertz CT molecular complexity index is 3290. The predicted octanol–water partition coefficient (Wildman–Crippen LogP) is 13.2. The Hall–Kier alpha value is -8.03. The van der Waals surface area contributed by atoms with Gasteiger partial charge in [0, 0.05) is 22.6 Å². The maximum Gasteiger partial charge on any atom is 0.277 e. The van der Waals surface area contributed by atoms with Crippen molar-refractivity contribution in [2.24, 2.45) is 0 Å². The van der Waals surface area contributed by atoms with Crippen molar-refractivity contribution in [3.63, 3.8) is 0 Å². The van der Waals surface area contributed by atoms with Gasteiger partial charge >= 0.3 is 0 Å². The van der Waals surface area contributed by atoms with E-state index in [9.17, 15) is 10.1 Å². The van der Waals surface area contributed by atoms with Gasteiger partial charge in [0.1, 0.15) is 0 Å². The normalized spacial score (nSPS) is 14.3. The summed E-state index contributed by atoms with van der Waals surface area (Å²) in [6.07, 6.45) is 0. The number of rotatable bonds is 5. The maximum atomic E-state index is 12.2. The van der Waals surface area contributed by atoms with Gasteiger partial charge in [0.2, 0.25) is 5.95 Å². The highest BCUT2D eigenvalue weighted by Gasteiger charge is 2.51. The molecule has 7 nitrogen and oxygen atoms in total. The van der Waals surface area contributed by atoms with E-state index in [-0.39, 0.29) is 10.6 Å². The van der Waals surface area contributed by atoms with Crippen LogP contribution in [0, 0.1) is 10.1 Å². The molecule has 8 aromatic carbocycles. The zero-order valence-electron chi connectivity index (χ0n) is 34.0. The molecule has 0 saturated heterocycles. The molecule has 0 bridgehead atoms. The third-order valence-corrected chi connectivity index (χ3v) is 13.3. The summed E-state index contributed by atoms with van der Waals surface area (Å²) in [6, 6.07) is 64.6. The third-order valence-electron chi connectivity index (χ3n) is 13.3. The molecule has 294 valence electrons. The second kappa shape index (κ2) is 13.2. The van der Waals surface area contributed by atoms with Crippen molar-refractivity contribution in [2.45, 2.75) is 24.7 Å². The zero-order chi connectivity index (χ0) is 41.7. The molecule has 1 aliphatic heterocycles. The summed E-state index contributed by atoms with van der Waals surface area (Å²) in [7, 11) is 0. The van der Waals surface area contributed by atoms with Crippen LogP contribution in [-0.4, -0.2) is 19.9 Å². The lowest BCUT2D eigenvalue weighted by atomic mass is 9.70. The van der Waals surface area contributed by atoms with Gasteiger partial charge in [-0.1, -0.05) is 166 Å². The first-order valence-corrected chi connectivity index (χ1v) is 20.9. The third kappa shape index (κ3) is 4.96. The molecule has 7 heteroatoms. The molecule has 1 aromatic heterocycles. The summed E-state index contributed by atoms with van der Waals surface area (Å²) >= 11 is 0. The topological polar surface area (TPSA) is 85.0 Å². The predicted molar refractivity (Wildman–Crippen MR) is 246 cm³/mol. The standard InChI is InChI=1S/C55H37N5O2/c1-54(2)46-25-13-15-27-49(46)59(50-31-29-35(33-47(50)54)37-18-9-14-26-48(37)60(61)62)53-57-51(34-16-4-3-5-17-34)56-52(58-53)36-28-30-45-41(32-36)40-21-8-12-24-44(40)55(45)42-22-10-6-19-38(42)39-20-7-11-23-43(39)55/h3-33H,1-2H3. The van der Waals surface area contributed by atoms with Gasteiger partial charge in [0.05, 0.1) is 27.3 Å². The maximum absolute atomic E-state index is 12.2. The summed E-state index contributed by atoms with van der Waals surface area (Å²) in [5.41, 5.74) is 16.2. The van der Waals surface area contributed by atoms with Crippen LogP contribution in [0.4, 0.5) is 23.0 Å². The van der Waals surface area contributed by atoms with Crippen molar-refractivity contribution in [1.82, 2.24) is 15.0 Å². The van der Waals surface area contributed by atoms with E-state index in [4.69, 9.17) is 15.0 Å². The molecule has 3 aliphatic rings. The number of aromatic nitrogens is 3. The van der Waals surface area contributed by atoms with Crippen LogP contribution in [0.5, 0.6) is 0 Å². The van der Waals surface area contributed by atoms with Crippen LogP contribution in [-0.2, 0) is 10.8 Å². The first-order chi connectivity index (χ1) is 30.3. The SMILES string of the molecule is CC1(C)c2ccccc2N(c2nc(-c3ccccc3)nc(-c3ccc4c(c3)-c3ccccc3C43c4ccccc4-c4ccccc43)n2)c2ccc(-c3ccccc3[N+](=O)[O-])cc21. The molecule has 1 spiro atoms. The number of hydrogen-bond acceptors (Lipinski definition) is 6. The van der Waals surface area contributed by atoms with Crippen LogP contribution in [0.1, 0.15) is 47.2 Å². The van der Waals surface area contributed by atoms with E-state index >= 15 is 0 Å². The quantitative estimate of drug-likeness (QED) is 0.127. The van der Waals surface area contributed by atoms with Crippen molar-refractivity contribution in [3.8, 4) is 56.2 Å². The van der Waals surface area contributed by atoms with E-state index in [1.807, 2.05) is 60.7 Å². The van der Waals surface area contributed by atoms with E-state index in [0.29, 0.717) is 23.2 Å². The number of nitrogens with zero attached hydrogens (tertiary/aromatic N) is 5. The number of benzene rings is 8. The summed E-state index contributed by atoms with van der Waals surface area (Å²) in [5.74, 6) is 1.59. The molecule has 9 aromatic rings. The molecular weight excluding hydrogens is 763 g/mol. The van der Waals surface area contributed by atoms with Gasteiger partial charge in [-0.3, -0.25) is 15.0 Å². The van der Waals surface area contributed by atoms with Gasteiger partial charge in [-0.05, 0) is 91.5 Å². The van der Waals surface area contributed by atoms with Crippen LogP contribution >= 0.6 is 0 Å². The summed E-state index contributed by atoms with van der Waals surface area (Å²) < 4.78 is 0. The van der Waals surface area contributed by atoms with Gasteiger partial charge in [-0.25, -0.2) is 4.98 Å². The molecule has 0 N–H and O–H groups in total. The lowest BCUT2D eigenvalue weighted by Crippen LogP contribution is -2.31. The van der Waals surface area contributed by atoms with Gasteiger partial charge in [0.25, 0.3) is 5.69 Å². The summed E-state index contributed by atoms with van der Waals surface area (Å²) in [5, 5.41) is 12.2. The molecule has 0 radical (unpaired) electrons. The first-order valence-electron chi connectivity index (χ1n) is 20.9. The van der Waals surface area contributed by atoms with Crippen molar-refractivity contribution in [2.75, 3.05) is 4.90 Å². The van der Waals surface area contributed by atoms with Gasteiger partial charge < -0.3 is 0 Å². The van der Waals surface area contributed by atoms with Gasteiger partial charge in [-0.2, -0.15) is 9.97 Å². The van der Waals surface area contributed by atoms with E-state index in [0.717, 1.165) is 44.8 Å². The number of nitro groups is 1. The highest BCUT2D eigenvalue weighted by atomic mass is 16.6. The molecule has 2 aliphatic carbocycles. The number of anilines is 3. The van der Waals surface area contributed by atoms with Crippen LogP contribution in [0.25, 0.3) is 56.2 Å². The first kappa shape index (κ1) is 35.9. The monoisotopic (exact) mass is 799 g/mol. The van der Waals surface area contributed by atoms with Crippen LogP contribution in [0.3, 0.4) is 0 Å². The van der Waals surface area contributed by atoms with Crippen molar-refractivity contribution in [3.05, 3.63) is 232 Å². The van der Waals surface area contributed by atoms with Crippen molar-refractivity contribution >= 4 is 23.0 Å². The molecule has 2 heterocycles. The molecule has 0 unspecified atom stereocenters. The number of para-hydroxylation sites is 2. The van der Waals surface area contributed by atoms with E-state index in [2.05, 4.69) is 134 Å². The molecule has 62 heavy (non-hydrogen) atoms. The minimum Gasteiger partial charge on any atom is -0.278 e. The second-order valence-corrected chi connectivity index (χ2v) is 16.8. The Balaban J connectivity index is 1.08. The van der Waals surface area contributed by atoms with E-state index in [1.165, 1.54) is 38.9 Å². The van der Waals surface area contributed by atoms with Crippen molar-refractivity contribution in [1.29, 1.82) is 0 Å². The Kier molecular flexibility index (Phi) is 7.66. The summed E-state index contributed by atoms with van der Waals surface area (Å²) in [6.45, 7) is 4.41. The average molecular weight is 800 g/mol. The zero-order valence-corrected chi connectivity index (χ0v) is 34.0. The minimum atomic E-state index is -0.457. The molecule has 0 atom stereocenters. The Labute approximate surface area is 358 Å². The molecule has 12 rings (SSSR count). The highest BCUT2D eigenvalue weighted by molar-refractivity contribution is 5.96. The summed E-state index contributed by atoms with van der Waals surface area (Å²) in [4.78, 5) is 29.8. The van der Waals surface area contributed by atoms with Crippen LogP contribution in [0.2, 0.25) is 0 Å². The molecule has 0 saturated carbocycles. The lowest BCUT2D eigenvalue weighted by molar-refractivity contribution is -0.384. The Morgan fingerprint density at radius 3 is 1.60 bits per heavy atom. The number of fused-ring (bicyclic) bond motifs is 12. The fraction of sp³-hybridized carbons (Fsp3) is 0.0727. The molecule has 0 fully saturated rings. The van der Waals surface area contributed by atoms with Gasteiger partial charge in [-0.15, -0.1) is 0 Å². The number of nitro benzene ring substituents is 1. The van der Waals surface area contributed by atoms with E-state index < -0.39 is 10.8 Å².